The fourth-order valence-corrected chi connectivity index (χ4v) is 1.77. The molecule has 6 heteroatoms. The van der Waals surface area contributed by atoms with E-state index in [2.05, 4.69) is 10.3 Å². The quantitative estimate of drug-likeness (QED) is 0.674. The molecule has 0 aliphatic carbocycles. The lowest BCUT2D eigenvalue weighted by Gasteiger charge is -2.12. The van der Waals surface area contributed by atoms with Crippen molar-refractivity contribution in [3.05, 3.63) is 51.6 Å². The Labute approximate surface area is 110 Å². The zero-order valence-corrected chi connectivity index (χ0v) is 11.0. The Bertz CT molecular complexity index is 607. The van der Waals surface area contributed by atoms with Crippen molar-refractivity contribution in [2.45, 2.75) is 26.8 Å². The third-order valence-corrected chi connectivity index (χ3v) is 2.82. The van der Waals surface area contributed by atoms with E-state index >= 15 is 0 Å². The van der Waals surface area contributed by atoms with E-state index in [0.29, 0.717) is 11.4 Å². The van der Waals surface area contributed by atoms with Crippen molar-refractivity contribution in [1.82, 2.24) is 4.98 Å². The molecule has 2 aromatic heterocycles. The minimum absolute atomic E-state index is 0.0559. The first-order valence-corrected chi connectivity index (χ1v) is 5.91. The highest BCUT2D eigenvalue weighted by Gasteiger charge is 2.15. The van der Waals surface area contributed by atoms with Crippen LogP contribution in [0.3, 0.4) is 0 Å². The van der Waals surface area contributed by atoms with Crippen LogP contribution < -0.4 is 5.32 Å². The summed E-state index contributed by atoms with van der Waals surface area (Å²) in [5, 5.41) is 13.9. The molecule has 2 rings (SSSR count). The number of aromatic nitrogens is 1. The second kappa shape index (κ2) is 5.09. The molecule has 0 bridgehead atoms. The molecule has 0 saturated heterocycles. The van der Waals surface area contributed by atoms with Gasteiger partial charge in [-0.1, -0.05) is 0 Å². The fourth-order valence-electron chi connectivity index (χ4n) is 1.77. The first kappa shape index (κ1) is 13.1. The molecule has 0 aliphatic heterocycles. The topological polar surface area (TPSA) is 81.2 Å². The number of rotatable bonds is 4. The van der Waals surface area contributed by atoms with Crippen molar-refractivity contribution in [3.8, 4) is 0 Å². The molecular weight excluding hydrogens is 246 g/mol. The molecule has 1 atom stereocenters. The van der Waals surface area contributed by atoms with E-state index in [9.17, 15) is 10.1 Å². The van der Waals surface area contributed by atoms with Crippen LogP contribution in [-0.2, 0) is 0 Å². The van der Waals surface area contributed by atoms with E-state index in [1.807, 2.05) is 26.0 Å². The van der Waals surface area contributed by atoms with E-state index in [1.165, 1.54) is 12.3 Å². The Morgan fingerprint density at radius 1 is 1.42 bits per heavy atom. The van der Waals surface area contributed by atoms with E-state index < -0.39 is 4.92 Å². The predicted octanol–water partition coefficient (Wildman–Crippen LogP) is 3.37. The van der Waals surface area contributed by atoms with Crippen LogP contribution in [0.2, 0.25) is 0 Å². The first-order valence-electron chi connectivity index (χ1n) is 5.91. The van der Waals surface area contributed by atoms with Crippen LogP contribution in [0.1, 0.15) is 30.0 Å². The summed E-state index contributed by atoms with van der Waals surface area (Å²) in [5.74, 6) is 2.05. The number of hydrogen-bond donors (Lipinski definition) is 1. The van der Waals surface area contributed by atoms with E-state index in [1.54, 1.807) is 6.92 Å². The maximum Gasteiger partial charge on any atom is 0.277 e. The van der Waals surface area contributed by atoms with Gasteiger partial charge in [0.15, 0.2) is 0 Å². The highest BCUT2D eigenvalue weighted by atomic mass is 16.6. The fraction of sp³-hybridized carbons (Fsp3) is 0.308. The van der Waals surface area contributed by atoms with Gasteiger partial charge in [0.25, 0.3) is 5.69 Å². The van der Waals surface area contributed by atoms with Crippen LogP contribution in [0.5, 0.6) is 0 Å². The van der Waals surface area contributed by atoms with Crippen LogP contribution in [-0.4, -0.2) is 9.91 Å². The molecule has 19 heavy (non-hydrogen) atoms. The van der Waals surface area contributed by atoms with Crippen molar-refractivity contribution in [2.75, 3.05) is 5.32 Å². The zero-order valence-electron chi connectivity index (χ0n) is 11.0. The van der Waals surface area contributed by atoms with Crippen LogP contribution in [0.15, 0.2) is 28.8 Å². The van der Waals surface area contributed by atoms with Gasteiger partial charge in [0.1, 0.15) is 17.3 Å². The molecule has 6 nitrogen and oxygen atoms in total. The van der Waals surface area contributed by atoms with E-state index in [0.717, 1.165) is 11.5 Å². The second-order valence-electron chi connectivity index (χ2n) is 4.43. The number of nitrogens with zero attached hydrogens (tertiary/aromatic N) is 2. The smallest absolute Gasteiger partial charge is 0.277 e. The van der Waals surface area contributed by atoms with Gasteiger partial charge < -0.3 is 9.73 Å². The van der Waals surface area contributed by atoms with Crippen molar-refractivity contribution in [3.63, 3.8) is 0 Å². The Balaban J connectivity index is 2.19. The summed E-state index contributed by atoms with van der Waals surface area (Å²) in [6.07, 6.45) is 1.49. The summed E-state index contributed by atoms with van der Waals surface area (Å²) >= 11 is 0. The predicted molar refractivity (Wildman–Crippen MR) is 71.1 cm³/mol. The summed E-state index contributed by atoms with van der Waals surface area (Å²) in [7, 11) is 0. The molecule has 0 radical (unpaired) electrons. The lowest BCUT2D eigenvalue weighted by atomic mass is 10.2. The largest absolute Gasteiger partial charge is 0.464 e. The van der Waals surface area contributed by atoms with E-state index in [4.69, 9.17) is 4.42 Å². The molecule has 2 aromatic rings. The third kappa shape index (κ3) is 2.90. The van der Waals surface area contributed by atoms with Crippen molar-refractivity contribution in [2.24, 2.45) is 0 Å². The molecule has 1 unspecified atom stereocenters. The first-order chi connectivity index (χ1) is 8.97. The normalized spacial score (nSPS) is 12.2. The van der Waals surface area contributed by atoms with Crippen molar-refractivity contribution in [1.29, 1.82) is 0 Å². The van der Waals surface area contributed by atoms with Crippen molar-refractivity contribution >= 4 is 11.5 Å². The third-order valence-electron chi connectivity index (χ3n) is 2.82. The standard InChI is InChI=1S/C13H15N3O3/c1-8-7-14-13(6-11(8)16(17)18)15-10(3)12-5-4-9(2)19-12/h4-7,10H,1-3H3,(H,14,15). The van der Waals surface area contributed by atoms with Gasteiger partial charge in [-0.3, -0.25) is 10.1 Å². The number of aryl methyl sites for hydroxylation is 2. The van der Waals surface area contributed by atoms with Gasteiger partial charge in [-0.2, -0.15) is 0 Å². The number of nitro groups is 1. The molecule has 0 aromatic carbocycles. The van der Waals surface area contributed by atoms with Crippen LogP contribution in [0, 0.1) is 24.0 Å². The molecule has 0 fully saturated rings. The van der Waals surface area contributed by atoms with Crippen LogP contribution in [0.25, 0.3) is 0 Å². The number of furan rings is 1. The monoisotopic (exact) mass is 261 g/mol. The molecule has 1 N–H and O–H groups in total. The maximum absolute atomic E-state index is 10.9. The lowest BCUT2D eigenvalue weighted by Crippen LogP contribution is -2.07. The van der Waals surface area contributed by atoms with Crippen molar-refractivity contribution < 1.29 is 9.34 Å². The molecule has 2 heterocycles. The average Bonchev–Trinajstić information content (AvgIpc) is 2.78. The highest BCUT2D eigenvalue weighted by molar-refractivity contribution is 5.49. The minimum Gasteiger partial charge on any atom is -0.464 e. The summed E-state index contributed by atoms with van der Waals surface area (Å²) in [6, 6.07) is 5.07. The van der Waals surface area contributed by atoms with Gasteiger partial charge in [-0.25, -0.2) is 4.98 Å². The molecule has 100 valence electrons. The SMILES string of the molecule is Cc1ccc(C(C)Nc2cc([N+](=O)[O-])c(C)cn2)o1. The Kier molecular flexibility index (Phi) is 3.50. The summed E-state index contributed by atoms with van der Waals surface area (Å²) in [6.45, 7) is 5.44. The number of pyridine rings is 1. The lowest BCUT2D eigenvalue weighted by molar-refractivity contribution is -0.385. The number of nitrogens with one attached hydrogen (secondary N) is 1. The highest BCUT2D eigenvalue weighted by Crippen LogP contribution is 2.24. The second-order valence-corrected chi connectivity index (χ2v) is 4.43. The molecule has 0 spiro atoms. The summed E-state index contributed by atoms with van der Waals surface area (Å²) in [5.41, 5.74) is 0.595. The van der Waals surface area contributed by atoms with Gasteiger partial charge in [0.05, 0.1) is 17.0 Å². The number of anilines is 1. The summed E-state index contributed by atoms with van der Waals surface area (Å²) < 4.78 is 5.49. The number of hydrogen-bond acceptors (Lipinski definition) is 5. The van der Waals surface area contributed by atoms with Gasteiger partial charge in [0, 0.05) is 11.8 Å². The maximum atomic E-state index is 10.9. The minimum atomic E-state index is -0.413. The van der Waals surface area contributed by atoms with Crippen LogP contribution in [0.4, 0.5) is 11.5 Å². The Morgan fingerprint density at radius 3 is 2.74 bits per heavy atom. The van der Waals surface area contributed by atoms with Gasteiger partial charge in [-0.05, 0) is 32.9 Å². The zero-order chi connectivity index (χ0) is 14.0. The molecule has 0 aliphatic rings. The average molecular weight is 261 g/mol. The van der Waals surface area contributed by atoms with Gasteiger partial charge in [0.2, 0.25) is 0 Å². The Morgan fingerprint density at radius 2 is 2.16 bits per heavy atom. The van der Waals surface area contributed by atoms with E-state index in [-0.39, 0.29) is 11.7 Å². The molecular formula is C13H15N3O3. The van der Waals surface area contributed by atoms with Gasteiger partial charge in [-0.15, -0.1) is 0 Å². The summed E-state index contributed by atoms with van der Waals surface area (Å²) in [4.78, 5) is 14.6. The molecule has 0 amide bonds. The van der Waals surface area contributed by atoms with Crippen LogP contribution >= 0.6 is 0 Å². The Hall–Kier alpha value is -2.37. The van der Waals surface area contributed by atoms with Gasteiger partial charge >= 0.3 is 0 Å². The molecule has 0 saturated carbocycles.